The lowest BCUT2D eigenvalue weighted by Gasteiger charge is -2.00. The SMILES string of the molecule is Cn1nccc1Cc1noc(-c2cccc(-n3cnnn3)c2)n1. The molecule has 4 rings (SSSR count). The average Bonchev–Trinajstić information content (AvgIpc) is 3.31. The lowest BCUT2D eigenvalue weighted by atomic mass is 10.2. The van der Waals surface area contributed by atoms with E-state index in [1.807, 2.05) is 37.4 Å². The van der Waals surface area contributed by atoms with E-state index in [1.165, 1.54) is 6.33 Å². The minimum atomic E-state index is 0.456. The number of tetrazole rings is 1. The van der Waals surface area contributed by atoms with Crippen molar-refractivity contribution < 1.29 is 4.52 Å². The van der Waals surface area contributed by atoms with E-state index in [2.05, 4.69) is 30.8 Å². The van der Waals surface area contributed by atoms with Crippen LogP contribution in [0.1, 0.15) is 11.5 Å². The first-order valence-electron chi connectivity index (χ1n) is 6.93. The van der Waals surface area contributed by atoms with Gasteiger partial charge in [0.15, 0.2) is 5.82 Å². The van der Waals surface area contributed by atoms with Crippen LogP contribution in [0.4, 0.5) is 0 Å². The van der Waals surface area contributed by atoms with Gasteiger partial charge in [0.05, 0.1) is 12.1 Å². The summed E-state index contributed by atoms with van der Waals surface area (Å²) in [6.07, 6.45) is 3.83. The van der Waals surface area contributed by atoms with Gasteiger partial charge in [0, 0.05) is 24.5 Å². The van der Waals surface area contributed by atoms with Crippen molar-refractivity contribution in [1.29, 1.82) is 0 Å². The minimum absolute atomic E-state index is 0.456. The summed E-state index contributed by atoms with van der Waals surface area (Å²) in [5.74, 6) is 1.06. The Balaban J connectivity index is 1.62. The van der Waals surface area contributed by atoms with Crippen molar-refractivity contribution in [2.75, 3.05) is 0 Å². The lowest BCUT2D eigenvalue weighted by molar-refractivity contribution is 0.423. The van der Waals surface area contributed by atoms with Gasteiger partial charge in [-0.2, -0.15) is 10.1 Å². The first kappa shape index (κ1) is 13.3. The van der Waals surface area contributed by atoms with Crippen molar-refractivity contribution in [3.63, 3.8) is 0 Å². The number of benzene rings is 1. The van der Waals surface area contributed by atoms with Gasteiger partial charge in [0.25, 0.3) is 5.89 Å². The molecule has 3 aromatic heterocycles. The summed E-state index contributed by atoms with van der Waals surface area (Å²) in [5.41, 5.74) is 2.64. The number of hydrogen-bond donors (Lipinski definition) is 0. The second kappa shape index (κ2) is 5.44. The molecule has 0 aliphatic carbocycles. The van der Waals surface area contributed by atoms with Gasteiger partial charge in [-0.3, -0.25) is 4.68 Å². The van der Waals surface area contributed by atoms with Crippen molar-refractivity contribution >= 4 is 0 Å². The molecule has 0 N–H and O–H groups in total. The Morgan fingerprint density at radius 2 is 2.17 bits per heavy atom. The van der Waals surface area contributed by atoms with Crippen molar-refractivity contribution in [2.24, 2.45) is 7.05 Å². The van der Waals surface area contributed by atoms with E-state index in [4.69, 9.17) is 4.52 Å². The molecule has 0 saturated carbocycles. The average molecular weight is 308 g/mol. The maximum atomic E-state index is 5.36. The third-order valence-electron chi connectivity index (χ3n) is 3.44. The Labute approximate surface area is 130 Å². The smallest absolute Gasteiger partial charge is 0.258 e. The van der Waals surface area contributed by atoms with Gasteiger partial charge >= 0.3 is 0 Å². The van der Waals surface area contributed by atoms with Crippen LogP contribution >= 0.6 is 0 Å². The van der Waals surface area contributed by atoms with E-state index < -0.39 is 0 Å². The van der Waals surface area contributed by atoms with Crippen LogP contribution in [0, 0.1) is 0 Å². The van der Waals surface area contributed by atoms with Crippen molar-refractivity contribution in [3.05, 3.63) is 54.4 Å². The van der Waals surface area contributed by atoms with Crippen LogP contribution in [0.2, 0.25) is 0 Å². The number of rotatable bonds is 4. The van der Waals surface area contributed by atoms with E-state index in [1.54, 1.807) is 15.6 Å². The Hall–Kier alpha value is -3.36. The maximum absolute atomic E-state index is 5.36. The highest BCUT2D eigenvalue weighted by Crippen LogP contribution is 2.20. The summed E-state index contributed by atoms with van der Waals surface area (Å²) in [4.78, 5) is 4.44. The summed E-state index contributed by atoms with van der Waals surface area (Å²) < 4.78 is 8.71. The molecule has 0 unspecified atom stereocenters. The highest BCUT2D eigenvalue weighted by Gasteiger charge is 2.12. The molecule has 0 fully saturated rings. The fourth-order valence-electron chi connectivity index (χ4n) is 2.24. The maximum Gasteiger partial charge on any atom is 0.258 e. The first-order chi connectivity index (χ1) is 11.3. The number of nitrogens with zero attached hydrogens (tertiary/aromatic N) is 8. The van der Waals surface area contributed by atoms with Gasteiger partial charge in [-0.05, 0) is 34.7 Å². The molecule has 114 valence electrons. The van der Waals surface area contributed by atoms with E-state index in [0.717, 1.165) is 16.9 Å². The Bertz CT molecular complexity index is 924. The molecule has 0 atom stereocenters. The molecule has 0 amide bonds. The Kier molecular flexibility index (Phi) is 3.15. The van der Waals surface area contributed by atoms with Crippen molar-refractivity contribution in [2.45, 2.75) is 6.42 Å². The van der Waals surface area contributed by atoms with E-state index in [0.29, 0.717) is 18.1 Å². The van der Waals surface area contributed by atoms with Crippen LogP contribution in [0.5, 0.6) is 0 Å². The molecule has 4 aromatic rings. The summed E-state index contributed by atoms with van der Waals surface area (Å²) in [7, 11) is 1.88. The molecule has 0 saturated heterocycles. The van der Waals surface area contributed by atoms with Crippen molar-refractivity contribution in [3.8, 4) is 17.1 Å². The molecule has 3 heterocycles. The molecular formula is C14H12N8O. The van der Waals surface area contributed by atoms with Crippen LogP contribution in [0.3, 0.4) is 0 Å². The number of hydrogen-bond acceptors (Lipinski definition) is 7. The zero-order chi connectivity index (χ0) is 15.6. The first-order valence-corrected chi connectivity index (χ1v) is 6.93. The third-order valence-corrected chi connectivity index (χ3v) is 3.44. The normalized spacial score (nSPS) is 11.0. The zero-order valence-corrected chi connectivity index (χ0v) is 12.2. The molecular weight excluding hydrogens is 296 g/mol. The fraction of sp³-hybridized carbons (Fsp3) is 0.143. The summed E-state index contributed by atoms with van der Waals surface area (Å²) in [6.45, 7) is 0. The molecule has 9 nitrogen and oxygen atoms in total. The highest BCUT2D eigenvalue weighted by molar-refractivity contribution is 5.57. The number of aryl methyl sites for hydroxylation is 1. The van der Waals surface area contributed by atoms with Gasteiger partial charge in [0.2, 0.25) is 0 Å². The summed E-state index contributed by atoms with van der Waals surface area (Å²) in [6, 6.07) is 9.49. The van der Waals surface area contributed by atoms with Crippen LogP contribution in [0.25, 0.3) is 17.1 Å². The molecule has 0 radical (unpaired) electrons. The fourth-order valence-corrected chi connectivity index (χ4v) is 2.24. The van der Waals surface area contributed by atoms with Gasteiger partial charge in [0.1, 0.15) is 6.33 Å². The topological polar surface area (TPSA) is 100 Å². The molecule has 0 bridgehead atoms. The van der Waals surface area contributed by atoms with Gasteiger partial charge in [-0.15, -0.1) is 5.10 Å². The largest absolute Gasteiger partial charge is 0.334 e. The third kappa shape index (κ3) is 2.59. The number of aromatic nitrogens is 8. The second-order valence-electron chi connectivity index (χ2n) is 4.94. The quantitative estimate of drug-likeness (QED) is 0.555. The summed E-state index contributed by atoms with van der Waals surface area (Å²) >= 11 is 0. The monoisotopic (exact) mass is 308 g/mol. The van der Waals surface area contributed by atoms with Crippen LogP contribution < -0.4 is 0 Å². The van der Waals surface area contributed by atoms with E-state index in [9.17, 15) is 0 Å². The lowest BCUT2D eigenvalue weighted by Crippen LogP contribution is -2.00. The van der Waals surface area contributed by atoms with E-state index >= 15 is 0 Å². The minimum Gasteiger partial charge on any atom is -0.334 e. The zero-order valence-electron chi connectivity index (χ0n) is 12.2. The molecule has 23 heavy (non-hydrogen) atoms. The van der Waals surface area contributed by atoms with Gasteiger partial charge < -0.3 is 4.52 Å². The van der Waals surface area contributed by atoms with Crippen LogP contribution in [0.15, 0.2) is 47.4 Å². The standard InChI is InChI=1S/C14H12N8O/c1-21-11(5-6-16-21)8-13-17-14(23-18-13)10-3-2-4-12(7-10)22-9-15-19-20-22/h2-7,9H,8H2,1H3. The Morgan fingerprint density at radius 1 is 1.22 bits per heavy atom. The molecule has 0 aliphatic heterocycles. The summed E-state index contributed by atoms with van der Waals surface area (Å²) in [5, 5.41) is 19.3. The predicted octanol–water partition coefficient (Wildman–Crippen LogP) is 1.04. The van der Waals surface area contributed by atoms with Crippen LogP contribution in [-0.2, 0) is 13.5 Å². The van der Waals surface area contributed by atoms with Crippen LogP contribution in [-0.4, -0.2) is 40.1 Å². The second-order valence-corrected chi connectivity index (χ2v) is 4.94. The van der Waals surface area contributed by atoms with Crippen molar-refractivity contribution in [1.82, 2.24) is 40.1 Å². The van der Waals surface area contributed by atoms with Gasteiger partial charge in [-0.1, -0.05) is 11.2 Å². The molecule has 9 heteroatoms. The Morgan fingerprint density at radius 3 is 2.96 bits per heavy atom. The van der Waals surface area contributed by atoms with E-state index in [-0.39, 0.29) is 0 Å². The molecule has 0 spiro atoms. The van der Waals surface area contributed by atoms with Gasteiger partial charge in [-0.25, -0.2) is 4.68 Å². The highest BCUT2D eigenvalue weighted by atomic mass is 16.5. The predicted molar refractivity (Wildman–Crippen MR) is 78.5 cm³/mol. The molecule has 0 aliphatic rings. The molecule has 1 aromatic carbocycles.